The monoisotopic (exact) mass is 745 g/mol. The van der Waals surface area contributed by atoms with Gasteiger partial charge in [0.2, 0.25) is 0 Å². The average Bonchev–Trinajstić information content (AvgIpc) is 3.88. The minimum absolute atomic E-state index is 0.272. The zero-order chi connectivity index (χ0) is 38.2. The van der Waals surface area contributed by atoms with E-state index in [1.165, 1.54) is 27.5 Å². The summed E-state index contributed by atoms with van der Waals surface area (Å²) < 4.78 is 13.1. The second-order valence-electron chi connectivity index (χ2n) is 15.4. The third kappa shape index (κ3) is 5.35. The number of aromatic nitrogens is 3. The zero-order valence-electron chi connectivity index (χ0n) is 31.5. The molecule has 3 heterocycles. The molecule has 0 radical (unpaired) electrons. The van der Waals surface area contributed by atoms with Crippen LogP contribution in [0, 0.1) is 0 Å². The normalized spacial score (nSPS) is 15.2. The number of allylic oxidation sites excluding steroid dienone is 5. The molecule has 2 aliphatic carbocycles. The number of para-hydroxylation sites is 2. The molecule has 0 saturated heterocycles. The summed E-state index contributed by atoms with van der Waals surface area (Å²) in [4.78, 5) is 15.7. The molecule has 0 aliphatic heterocycles. The first-order valence-electron chi connectivity index (χ1n) is 20.0. The Bertz CT molecular complexity index is 3400. The maximum absolute atomic E-state index is 6.81. The van der Waals surface area contributed by atoms with E-state index in [4.69, 9.17) is 23.8 Å². The van der Waals surface area contributed by atoms with Crippen LogP contribution in [0.5, 0.6) is 0 Å². The Morgan fingerprint density at radius 1 is 0.534 bits per heavy atom. The first-order valence-corrected chi connectivity index (χ1v) is 20.0. The number of hydrogen-bond acceptors (Lipinski definition) is 5. The van der Waals surface area contributed by atoms with Gasteiger partial charge in [-0.2, -0.15) is 0 Å². The van der Waals surface area contributed by atoms with Crippen molar-refractivity contribution in [3.63, 3.8) is 0 Å². The van der Waals surface area contributed by atoms with Gasteiger partial charge in [0.05, 0.1) is 0 Å². The molecule has 1 unspecified atom stereocenters. The molecule has 58 heavy (non-hydrogen) atoms. The minimum atomic E-state index is 0.272. The standard InChI is InChI=1S/C53H35N3O2/c1-3-12-36-30-38(28-24-32(36)10-1)34-22-26-35(27-23-34)51-54-52(39-29-25-33-11-2-4-13-37(33)31-39)56-53(55-51)44-18-9-21-47-49(44)43-17-7-16-41(50(43)58-47)40-15-8-20-46-48(40)42-14-5-6-19-45(42)57-46/h1-3,5-12,14-22,24-31,34H,4,13,23H2. The summed E-state index contributed by atoms with van der Waals surface area (Å²) in [6.45, 7) is 0. The first kappa shape index (κ1) is 32.8. The fraction of sp³-hybridized carbons (Fsp3) is 0.0755. The quantitative estimate of drug-likeness (QED) is 0.175. The molecule has 10 aromatic rings. The molecule has 0 bridgehead atoms. The van der Waals surface area contributed by atoms with Gasteiger partial charge < -0.3 is 8.83 Å². The largest absolute Gasteiger partial charge is 0.456 e. The summed E-state index contributed by atoms with van der Waals surface area (Å²) >= 11 is 0. The summed E-state index contributed by atoms with van der Waals surface area (Å²) in [5.41, 5.74) is 12.2. The lowest BCUT2D eigenvalue weighted by Gasteiger charge is -2.18. The molecule has 2 aliphatic rings. The summed E-state index contributed by atoms with van der Waals surface area (Å²) in [5, 5.41) is 6.66. The van der Waals surface area contributed by atoms with Gasteiger partial charge >= 0.3 is 0 Å². The fourth-order valence-electron chi connectivity index (χ4n) is 9.04. The lowest BCUT2D eigenvalue weighted by Crippen LogP contribution is -2.05. The van der Waals surface area contributed by atoms with Crippen LogP contribution in [-0.2, 0) is 6.42 Å². The molecule has 0 N–H and O–H groups in total. The van der Waals surface area contributed by atoms with Crippen molar-refractivity contribution >= 4 is 66.3 Å². The third-order valence-electron chi connectivity index (χ3n) is 11.9. The van der Waals surface area contributed by atoms with E-state index in [1.807, 2.05) is 30.3 Å². The Morgan fingerprint density at radius 2 is 1.28 bits per heavy atom. The van der Waals surface area contributed by atoms with Crippen molar-refractivity contribution in [2.45, 2.75) is 25.2 Å². The van der Waals surface area contributed by atoms with Gasteiger partial charge in [0, 0.05) is 49.7 Å². The molecule has 7 aromatic carbocycles. The van der Waals surface area contributed by atoms with Gasteiger partial charge in [0.1, 0.15) is 22.3 Å². The molecule has 274 valence electrons. The molecule has 12 rings (SSSR count). The van der Waals surface area contributed by atoms with E-state index in [1.54, 1.807) is 0 Å². The molecule has 3 aromatic heterocycles. The minimum Gasteiger partial charge on any atom is -0.456 e. The third-order valence-corrected chi connectivity index (χ3v) is 11.9. The number of benzene rings is 7. The van der Waals surface area contributed by atoms with Crippen LogP contribution in [0.1, 0.15) is 41.3 Å². The predicted octanol–water partition coefficient (Wildman–Crippen LogP) is 13.9. The van der Waals surface area contributed by atoms with Crippen molar-refractivity contribution in [1.29, 1.82) is 0 Å². The highest BCUT2D eigenvalue weighted by atomic mass is 16.3. The van der Waals surface area contributed by atoms with Gasteiger partial charge in [-0.05, 0) is 76.6 Å². The van der Waals surface area contributed by atoms with Crippen LogP contribution in [0.15, 0.2) is 173 Å². The fourth-order valence-corrected chi connectivity index (χ4v) is 9.04. The summed E-state index contributed by atoms with van der Waals surface area (Å²) in [7, 11) is 0. The number of aryl methyl sites for hydroxylation is 1. The van der Waals surface area contributed by atoms with Crippen LogP contribution in [-0.4, -0.2) is 15.0 Å². The van der Waals surface area contributed by atoms with Gasteiger partial charge in [0.15, 0.2) is 17.5 Å². The topological polar surface area (TPSA) is 65.0 Å². The Labute approximate surface area is 334 Å². The van der Waals surface area contributed by atoms with E-state index in [9.17, 15) is 0 Å². The molecular formula is C53H35N3O2. The Balaban J connectivity index is 1.01. The number of rotatable bonds is 5. The van der Waals surface area contributed by atoms with Crippen molar-refractivity contribution < 1.29 is 8.83 Å². The highest BCUT2D eigenvalue weighted by molar-refractivity contribution is 6.19. The van der Waals surface area contributed by atoms with Crippen LogP contribution in [0.3, 0.4) is 0 Å². The smallest absolute Gasteiger partial charge is 0.164 e. The second-order valence-corrected chi connectivity index (χ2v) is 15.4. The lowest BCUT2D eigenvalue weighted by atomic mass is 9.89. The Morgan fingerprint density at radius 3 is 2.19 bits per heavy atom. The highest BCUT2D eigenvalue weighted by Gasteiger charge is 2.23. The van der Waals surface area contributed by atoms with Crippen LogP contribution in [0.4, 0.5) is 0 Å². The summed E-state index contributed by atoms with van der Waals surface area (Å²) in [6, 6.07) is 48.9. The van der Waals surface area contributed by atoms with Crippen molar-refractivity contribution in [3.05, 3.63) is 186 Å². The number of hydrogen-bond donors (Lipinski definition) is 0. The van der Waals surface area contributed by atoms with E-state index in [2.05, 4.69) is 140 Å². The van der Waals surface area contributed by atoms with Crippen LogP contribution in [0.25, 0.3) is 100 Å². The molecule has 5 heteroatoms. The maximum Gasteiger partial charge on any atom is 0.164 e. The van der Waals surface area contributed by atoms with Gasteiger partial charge in [0.25, 0.3) is 0 Å². The van der Waals surface area contributed by atoms with Crippen LogP contribution < -0.4 is 0 Å². The molecule has 0 fully saturated rings. The molecule has 0 spiro atoms. The summed E-state index contributed by atoms with van der Waals surface area (Å²) in [6.07, 6.45) is 14.1. The van der Waals surface area contributed by atoms with Gasteiger partial charge in [-0.25, -0.2) is 15.0 Å². The molecule has 5 nitrogen and oxygen atoms in total. The van der Waals surface area contributed by atoms with Crippen LogP contribution in [0.2, 0.25) is 0 Å². The summed E-state index contributed by atoms with van der Waals surface area (Å²) in [5.74, 6) is 2.21. The second kappa shape index (κ2) is 13.1. The van der Waals surface area contributed by atoms with Crippen molar-refractivity contribution in [2.24, 2.45) is 0 Å². The Hall–Kier alpha value is -7.37. The van der Waals surface area contributed by atoms with E-state index in [0.717, 1.165) is 91.0 Å². The van der Waals surface area contributed by atoms with E-state index >= 15 is 0 Å². The van der Waals surface area contributed by atoms with Crippen molar-refractivity contribution in [2.75, 3.05) is 0 Å². The van der Waals surface area contributed by atoms with E-state index in [0.29, 0.717) is 17.5 Å². The molecule has 0 amide bonds. The number of nitrogens with zero attached hydrogens (tertiary/aromatic N) is 3. The van der Waals surface area contributed by atoms with Gasteiger partial charge in [-0.1, -0.05) is 146 Å². The first-order chi connectivity index (χ1) is 28.7. The van der Waals surface area contributed by atoms with Gasteiger partial charge in [-0.15, -0.1) is 0 Å². The number of fused-ring (bicyclic) bond motifs is 8. The van der Waals surface area contributed by atoms with E-state index < -0.39 is 0 Å². The van der Waals surface area contributed by atoms with Crippen LogP contribution >= 0.6 is 0 Å². The van der Waals surface area contributed by atoms with Gasteiger partial charge in [-0.3, -0.25) is 0 Å². The Kier molecular flexibility index (Phi) is 7.42. The highest BCUT2D eigenvalue weighted by Crippen LogP contribution is 2.44. The predicted molar refractivity (Wildman–Crippen MR) is 236 cm³/mol. The van der Waals surface area contributed by atoms with E-state index in [-0.39, 0.29) is 5.92 Å². The molecule has 1 atom stereocenters. The lowest BCUT2D eigenvalue weighted by molar-refractivity contribution is 0.668. The number of furan rings is 2. The molecule has 0 saturated carbocycles. The maximum atomic E-state index is 6.81. The zero-order valence-corrected chi connectivity index (χ0v) is 31.5. The SMILES string of the molecule is C1=Cc2ccc(-c3nc(C4=CCC(c5ccc6ccccc6c5)C=C4)nc(-c4cccc5oc6c(-c7cccc8oc9ccccc9c78)cccc6c45)n3)cc2CC1. The van der Waals surface area contributed by atoms with Crippen molar-refractivity contribution in [3.8, 4) is 33.9 Å². The average molecular weight is 746 g/mol. The molecular weight excluding hydrogens is 711 g/mol. The van der Waals surface area contributed by atoms with Crippen molar-refractivity contribution in [1.82, 2.24) is 15.0 Å².